The molecule has 1 fully saturated rings. The van der Waals surface area contributed by atoms with Crippen LogP contribution < -0.4 is 11.0 Å². The number of hydrogen-bond donors (Lipinski definition) is 1. The molecule has 134 valence electrons. The van der Waals surface area contributed by atoms with E-state index in [0.29, 0.717) is 25.3 Å². The van der Waals surface area contributed by atoms with Crippen LogP contribution in [0.15, 0.2) is 35.1 Å². The predicted octanol–water partition coefficient (Wildman–Crippen LogP) is 2.60. The van der Waals surface area contributed by atoms with Crippen LogP contribution in [0.1, 0.15) is 46.1 Å². The van der Waals surface area contributed by atoms with Gasteiger partial charge in [0.25, 0.3) is 0 Å². The molecule has 1 aliphatic carbocycles. The number of aromatic nitrogens is 3. The second-order valence-corrected chi connectivity index (χ2v) is 7.88. The molecule has 1 heterocycles. The van der Waals surface area contributed by atoms with Crippen LogP contribution in [0.3, 0.4) is 0 Å². The second kappa shape index (κ2) is 6.86. The lowest BCUT2D eigenvalue weighted by molar-refractivity contribution is -0.122. The normalized spacial score (nSPS) is 14.5. The monoisotopic (exact) mass is 342 g/mol. The van der Waals surface area contributed by atoms with E-state index < -0.39 is 0 Å². The number of amides is 1. The lowest BCUT2D eigenvalue weighted by Gasteiger charge is -2.17. The summed E-state index contributed by atoms with van der Waals surface area (Å²) in [4.78, 5) is 24.6. The molecule has 2 aromatic rings. The van der Waals surface area contributed by atoms with Crippen LogP contribution in [-0.2, 0) is 11.3 Å². The van der Waals surface area contributed by atoms with Gasteiger partial charge in [-0.2, -0.15) is 0 Å². The number of hydrogen-bond acceptors (Lipinski definition) is 3. The van der Waals surface area contributed by atoms with Crippen LogP contribution in [0.25, 0.3) is 11.4 Å². The highest BCUT2D eigenvalue weighted by Gasteiger charge is 2.30. The molecule has 3 rings (SSSR count). The van der Waals surface area contributed by atoms with E-state index in [0.717, 1.165) is 18.4 Å². The van der Waals surface area contributed by atoms with Crippen LogP contribution in [0, 0.1) is 5.41 Å². The molecule has 1 aromatic heterocycles. The zero-order chi connectivity index (χ0) is 18.0. The molecule has 0 aliphatic heterocycles. The summed E-state index contributed by atoms with van der Waals surface area (Å²) in [6, 6.07) is 10.0. The number of nitrogens with zero attached hydrogens (tertiary/aromatic N) is 3. The molecule has 0 saturated heterocycles. The molecule has 0 unspecified atom stereocenters. The number of benzene rings is 1. The van der Waals surface area contributed by atoms with Crippen molar-refractivity contribution in [1.29, 1.82) is 0 Å². The van der Waals surface area contributed by atoms with E-state index in [1.54, 1.807) is 4.57 Å². The molecule has 1 aromatic carbocycles. The molecule has 0 bridgehead atoms. The van der Waals surface area contributed by atoms with Crippen LogP contribution in [0.4, 0.5) is 0 Å². The van der Waals surface area contributed by atoms with Crippen LogP contribution >= 0.6 is 0 Å². The maximum absolute atomic E-state index is 12.7. The van der Waals surface area contributed by atoms with E-state index >= 15 is 0 Å². The van der Waals surface area contributed by atoms with Crippen molar-refractivity contribution < 1.29 is 4.79 Å². The van der Waals surface area contributed by atoms with Gasteiger partial charge in [0.15, 0.2) is 5.82 Å². The zero-order valence-electron chi connectivity index (χ0n) is 15.2. The van der Waals surface area contributed by atoms with Gasteiger partial charge < -0.3 is 5.32 Å². The van der Waals surface area contributed by atoms with E-state index in [1.165, 1.54) is 4.68 Å². The molecular weight excluding hydrogens is 316 g/mol. The lowest BCUT2D eigenvalue weighted by Crippen LogP contribution is -2.33. The first-order valence-corrected chi connectivity index (χ1v) is 8.86. The Morgan fingerprint density at radius 3 is 2.52 bits per heavy atom. The van der Waals surface area contributed by atoms with Gasteiger partial charge in [0.1, 0.15) is 0 Å². The van der Waals surface area contributed by atoms with E-state index in [1.807, 2.05) is 51.1 Å². The number of carbonyl (C=O) groups is 1. The average molecular weight is 342 g/mol. The summed E-state index contributed by atoms with van der Waals surface area (Å²) in [6.07, 6.45) is 2.51. The van der Waals surface area contributed by atoms with Gasteiger partial charge >= 0.3 is 5.69 Å². The molecule has 1 N–H and O–H groups in total. The minimum atomic E-state index is -0.0913. The van der Waals surface area contributed by atoms with Crippen molar-refractivity contribution in [1.82, 2.24) is 19.7 Å². The molecule has 0 radical (unpaired) electrons. The number of nitrogens with one attached hydrogen (secondary N) is 1. The Bertz CT molecular complexity index is 795. The SMILES string of the molecule is CC(C)(C)CC(=O)NCCn1nc(-c2ccccc2)n(C2CC2)c1=O. The zero-order valence-corrected chi connectivity index (χ0v) is 15.2. The van der Waals surface area contributed by atoms with Gasteiger partial charge in [0.2, 0.25) is 5.91 Å². The first-order chi connectivity index (χ1) is 11.8. The molecule has 0 spiro atoms. The van der Waals surface area contributed by atoms with Crippen LogP contribution in [0.2, 0.25) is 0 Å². The summed E-state index contributed by atoms with van der Waals surface area (Å²) >= 11 is 0. The lowest BCUT2D eigenvalue weighted by atomic mass is 9.92. The van der Waals surface area contributed by atoms with Crippen molar-refractivity contribution in [2.24, 2.45) is 5.41 Å². The largest absolute Gasteiger partial charge is 0.354 e. The smallest absolute Gasteiger partial charge is 0.346 e. The molecular formula is C19H26N4O2. The van der Waals surface area contributed by atoms with Gasteiger partial charge in [-0.3, -0.25) is 9.36 Å². The highest BCUT2D eigenvalue weighted by Crippen LogP contribution is 2.36. The third-order valence-corrected chi connectivity index (χ3v) is 4.15. The highest BCUT2D eigenvalue weighted by atomic mass is 16.2. The van der Waals surface area contributed by atoms with E-state index in [4.69, 9.17) is 0 Å². The van der Waals surface area contributed by atoms with Crippen LogP contribution in [-0.4, -0.2) is 26.8 Å². The number of carbonyl (C=O) groups excluding carboxylic acids is 1. The van der Waals surface area contributed by atoms with E-state index in [-0.39, 0.29) is 23.1 Å². The Morgan fingerprint density at radius 1 is 1.24 bits per heavy atom. The number of rotatable bonds is 6. The molecule has 25 heavy (non-hydrogen) atoms. The van der Waals surface area contributed by atoms with Gasteiger partial charge in [0, 0.05) is 24.6 Å². The van der Waals surface area contributed by atoms with E-state index in [9.17, 15) is 9.59 Å². The van der Waals surface area contributed by atoms with Crippen molar-refractivity contribution in [2.45, 2.75) is 52.6 Å². The second-order valence-electron chi connectivity index (χ2n) is 7.88. The summed E-state index contributed by atoms with van der Waals surface area (Å²) in [7, 11) is 0. The van der Waals surface area contributed by atoms with Crippen molar-refractivity contribution >= 4 is 5.91 Å². The Labute approximate surface area is 147 Å². The molecule has 0 atom stereocenters. The van der Waals surface area contributed by atoms with Gasteiger partial charge in [-0.25, -0.2) is 9.48 Å². The standard InChI is InChI=1S/C19H26N4O2/c1-19(2,3)13-16(24)20-11-12-22-18(25)23(15-9-10-15)17(21-22)14-7-5-4-6-8-14/h4-8,15H,9-13H2,1-3H3,(H,20,24). The summed E-state index contributed by atoms with van der Waals surface area (Å²) < 4.78 is 3.27. The fraction of sp³-hybridized carbons (Fsp3) is 0.526. The maximum atomic E-state index is 12.7. The third-order valence-electron chi connectivity index (χ3n) is 4.15. The van der Waals surface area contributed by atoms with Crippen molar-refractivity contribution in [3.63, 3.8) is 0 Å². The van der Waals surface area contributed by atoms with Crippen molar-refractivity contribution in [3.8, 4) is 11.4 Å². The average Bonchev–Trinajstić information content (AvgIpc) is 3.31. The maximum Gasteiger partial charge on any atom is 0.346 e. The molecule has 1 saturated carbocycles. The summed E-state index contributed by atoms with van der Waals surface area (Å²) in [6.45, 7) is 6.88. The Balaban J connectivity index is 1.73. The predicted molar refractivity (Wildman–Crippen MR) is 97.3 cm³/mol. The van der Waals surface area contributed by atoms with Gasteiger partial charge in [-0.15, -0.1) is 5.10 Å². The minimum Gasteiger partial charge on any atom is -0.354 e. The summed E-state index contributed by atoms with van der Waals surface area (Å²) in [5.41, 5.74) is 0.808. The fourth-order valence-electron chi connectivity index (χ4n) is 2.86. The van der Waals surface area contributed by atoms with Gasteiger partial charge in [-0.05, 0) is 18.3 Å². The van der Waals surface area contributed by atoms with Gasteiger partial charge in [0.05, 0.1) is 6.54 Å². The summed E-state index contributed by atoms with van der Waals surface area (Å²) in [5, 5.41) is 7.41. The Kier molecular flexibility index (Phi) is 4.79. The Hall–Kier alpha value is -2.37. The summed E-state index contributed by atoms with van der Waals surface area (Å²) in [5.74, 6) is 0.722. The minimum absolute atomic E-state index is 0.00505. The Morgan fingerprint density at radius 2 is 1.92 bits per heavy atom. The van der Waals surface area contributed by atoms with Crippen LogP contribution in [0.5, 0.6) is 0 Å². The van der Waals surface area contributed by atoms with E-state index in [2.05, 4.69) is 10.4 Å². The molecule has 6 heteroatoms. The van der Waals surface area contributed by atoms with Gasteiger partial charge in [-0.1, -0.05) is 51.1 Å². The fourth-order valence-corrected chi connectivity index (χ4v) is 2.86. The third kappa shape index (κ3) is 4.38. The highest BCUT2D eigenvalue weighted by molar-refractivity contribution is 5.76. The topological polar surface area (TPSA) is 68.9 Å². The quantitative estimate of drug-likeness (QED) is 0.877. The molecule has 1 amide bonds. The van der Waals surface area contributed by atoms with Crippen molar-refractivity contribution in [2.75, 3.05) is 6.54 Å². The molecule has 6 nitrogen and oxygen atoms in total. The first-order valence-electron chi connectivity index (χ1n) is 8.86. The first kappa shape index (κ1) is 17.5. The van der Waals surface area contributed by atoms with Crippen molar-refractivity contribution in [3.05, 3.63) is 40.8 Å². The molecule has 1 aliphatic rings.